The number of carboxylic acid groups (broad SMARTS) is 1. The molecule has 1 N–H and O–H groups in total. The summed E-state index contributed by atoms with van der Waals surface area (Å²) < 4.78 is 5.04. The molecule has 1 amide bonds. The SMILES string of the molecule is COc1cc(C(=O)N(C)CCC(=O)O)cc([N+](=O)[O-])c1C. The van der Waals surface area contributed by atoms with Gasteiger partial charge in [-0.3, -0.25) is 19.7 Å². The Labute approximate surface area is 121 Å². The van der Waals surface area contributed by atoms with Gasteiger partial charge in [0.15, 0.2) is 0 Å². The first-order valence-corrected chi connectivity index (χ1v) is 6.08. The molecule has 0 unspecified atom stereocenters. The number of carbonyl (C=O) groups excluding carboxylic acids is 1. The highest BCUT2D eigenvalue weighted by Crippen LogP contribution is 2.29. The van der Waals surface area contributed by atoms with Crippen molar-refractivity contribution < 1.29 is 24.4 Å². The fourth-order valence-electron chi connectivity index (χ4n) is 1.78. The molecule has 0 aromatic heterocycles. The van der Waals surface area contributed by atoms with Gasteiger partial charge in [-0.1, -0.05) is 0 Å². The molecule has 0 radical (unpaired) electrons. The molecule has 0 aliphatic rings. The number of hydrogen-bond donors (Lipinski definition) is 1. The fourth-order valence-corrected chi connectivity index (χ4v) is 1.78. The van der Waals surface area contributed by atoms with Crippen molar-refractivity contribution in [1.82, 2.24) is 4.90 Å². The summed E-state index contributed by atoms with van der Waals surface area (Å²) >= 11 is 0. The number of benzene rings is 1. The first-order valence-electron chi connectivity index (χ1n) is 6.08. The Morgan fingerprint density at radius 1 is 1.43 bits per heavy atom. The van der Waals surface area contributed by atoms with E-state index >= 15 is 0 Å². The van der Waals surface area contributed by atoms with Crippen LogP contribution < -0.4 is 4.74 Å². The Morgan fingerprint density at radius 2 is 2.05 bits per heavy atom. The average molecular weight is 296 g/mol. The van der Waals surface area contributed by atoms with E-state index in [1.165, 1.54) is 32.0 Å². The highest BCUT2D eigenvalue weighted by atomic mass is 16.6. The number of rotatable bonds is 6. The van der Waals surface area contributed by atoms with Crippen LogP contribution in [0.2, 0.25) is 0 Å². The molecule has 21 heavy (non-hydrogen) atoms. The topological polar surface area (TPSA) is 110 Å². The van der Waals surface area contributed by atoms with Crippen LogP contribution >= 0.6 is 0 Å². The molecule has 0 fully saturated rings. The maximum atomic E-state index is 12.2. The number of aliphatic carboxylic acids is 1. The summed E-state index contributed by atoms with van der Waals surface area (Å²) in [5, 5.41) is 19.6. The molecular weight excluding hydrogens is 280 g/mol. The normalized spacial score (nSPS) is 10.0. The zero-order chi connectivity index (χ0) is 16.2. The van der Waals surface area contributed by atoms with Crippen molar-refractivity contribution in [2.45, 2.75) is 13.3 Å². The first-order chi connectivity index (χ1) is 9.77. The molecule has 1 aromatic carbocycles. The molecule has 0 spiro atoms. The van der Waals surface area contributed by atoms with Crippen LogP contribution in [-0.2, 0) is 4.79 Å². The molecule has 1 rings (SSSR count). The molecular formula is C13H16N2O6. The van der Waals surface area contributed by atoms with Crippen molar-refractivity contribution in [1.29, 1.82) is 0 Å². The Morgan fingerprint density at radius 3 is 2.52 bits per heavy atom. The van der Waals surface area contributed by atoms with Gasteiger partial charge < -0.3 is 14.7 Å². The maximum Gasteiger partial charge on any atom is 0.305 e. The van der Waals surface area contributed by atoms with Crippen LogP contribution in [0.1, 0.15) is 22.3 Å². The highest BCUT2D eigenvalue weighted by molar-refractivity contribution is 5.95. The van der Waals surface area contributed by atoms with Crippen molar-refractivity contribution in [2.24, 2.45) is 0 Å². The van der Waals surface area contributed by atoms with Crippen LogP contribution in [0.5, 0.6) is 5.75 Å². The third-order valence-electron chi connectivity index (χ3n) is 3.00. The zero-order valence-electron chi connectivity index (χ0n) is 12.0. The second kappa shape index (κ2) is 6.69. The van der Waals surface area contributed by atoms with Crippen LogP contribution in [0, 0.1) is 17.0 Å². The summed E-state index contributed by atoms with van der Waals surface area (Å²) in [6.07, 6.45) is -0.201. The lowest BCUT2D eigenvalue weighted by Crippen LogP contribution is -2.29. The summed E-state index contributed by atoms with van der Waals surface area (Å²) in [5.41, 5.74) is 0.189. The van der Waals surface area contributed by atoms with E-state index in [2.05, 4.69) is 0 Å². The second-order valence-corrected chi connectivity index (χ2v) is 4.45. The number of carboxylic acids is 1. The average Bonchev–Trinajstić information content (AvgIpc) is 2.43. The summed E-state index contributed by atoms with van der Waals surface area (Å²) in [5.74, 6) is -1.29. The van der Waals surface area contributed by atoms with Crippen molar-refractivity contribution in [3.05, 3.63) is 33.4 Å². The molecule has 0 aliphatic heterocycles. The lowest BCUT2D eigenvalue weighted by Gasteiger charge is -2.17. The Kier molecular flexibility index (Phi) is 5.23. The third-order valence-corrected chi connectivity index (χ3v) is 3.00. The minimum atomic E-state index is -1.03. The number of nitro benzene ring substituents is 1. The van der Waals surface area contributed by atoms with Gasteiger partial charge in [-0.05, 0) is 13.0 Å². The number of nitro groups is 1. The Bertz CT molecular complexity index is 584. The molecule has 0 bridgehead atoms. The summed E-state index contributed by atoms with van der Waals surface area (Å²) in [6, 6.07) is 2.57. The smallest absolute Gasteiger partial charge is 0.305 e. The number of ether oxygens (including phenoxy) is 1. The minimum absolute atomic E-state index is 0.0121. The van der Waals surface area contributed by atoms with E-state index in [1.54, 1.807) is 0 Å². The standard InChI is InChI=1S/C13H16N2O6/c1-8-10(15(19)20)6-9(7-11(8)21-3)13(18)14(2)5-4-12(16)17/h6-7H,4-5H2,1-3H3,(H,16,17). The minimum Gasteiger partial charge on any atom is -0.496 e. The van der Waals surface area contributed by atoms with E-state index in [0.29, 0.717) is 5.56 Å². The van der Waals surface area contributed by atoms with E-state index in [0.717, 1.165) is 6.07 Å². The zero-order valence-corrected chi connectivity index (χ0v) is 12.0. The summed E-state index contributed by atoms with van der Waals surface area (Å²) in [4.78, 5) is 34.3. The van der Waals surface area contributed by atoms with Crippen LogP contribution in [0.4, 0.5) is 5.69 Å². The predicted molar refractivity (Wildman–Crippen MR) is 73.6 cm³/mol. The molecule has 0 saturated heterocycles. The van der Waals surface area contributed by atoms with Gasteiger partial charge in [-0.2, -0.15) is 0 Å². The number of amides is 1. The molecule has 1 aromatic rings. The molecule has 114 valence electrons. The van der Waals surface area contributed by atoms with Crippen molar-refractivity contribution in [2.75, 3.05) is 20.7 Å². The van der Waals surface area contributed by atoms with Crippen LogP contribution in [0.15, 0.2) is 12.1 Å². The predicted octanol–water partition coefficient (Wildman–Crippen LogP) is 1.46. The molecule has 8 nitrogen and oxygen atoms in total. The number of methoxy groups -OCH3 is 1. The van der Waals surface area contributed by atoms with E-state index in [4.69, 9.17) is 9.84 Å². The number of hydrogen-bond acceptors (Lipinski definition) is 5. The van der Waals surface area contributed by atoms with E-state index in [-0.39, 0.29) is 30.0 Å². The van der Waals surface area contributed by atoms with E-state index in [9.17, 15) is 19.7 Å². The van der Waals surface area contributed by atoms with Gasteiger partial charge in [-0.15, -0.1) is 0 Å². The third kappa shape index (κ3) is 3.91. The van der Waals surface area contributed by atoms with Gasteiger partial charge >= 0.3 is 5.97 Å². The van der Waals surface area contributed by atoms with Gasteiger partial charge in [0.2, 0.25) is 0 Å². The molecule has 8 heteroatoms. The molecule has 0 saturated carbocycles. The fraction of sp³-hybridized carbons (Fsp3) is 0.385. The van der Waals surface area contributed by atoms with Gasteiger partial charge in [-0.25, -0.2) is 0 Å². The largest absolute Gasteiger partial charge is 0.496 e. The van der Waals surface area contributed by atoms with Crippen molar-refractivity contribution in [3.63, 3.8) is 0 Å². The molecule has 0 aliphatic carbocycles. The second-order valence-electron chi connectivity index (χ2n) is 4.45. The Balaban J connectivity index is 3.12. The van der Waals surface area contributed by atoms with Gasteiger partial charge in [0.1, 0.15) is 5.75 Å². The highest BCUT2D eigenvalue weighted by Gasteiger charge is 2.21. The van der Waals surface area contributed by atoms with E-state index < -0.39 is 16.8 Å². The van der Waals surface area contributed by atoms with Crippen molar-refractivity contribution in [3.8, 4) is 5.75 Å². The van der Waals surface area contributed by atoms with Gasteiger partial charge in [0.25, 0.3) is 11.6 Å². The van der Waals surface area contributed by atoms with Gasteiger partial charge in [0, 0.05) is 19.7 Å². The quantitative estimate of drug-likeness (QED) is 0.628. The number of nitrogens with zero attached hydrogens (tertiary/aromatic N) is 2. The van der Waals surface area contributed by atoms with Crippen LogP contribution in [0.25, 0.3) is 0 Å². The van der Waals surface area contributed by atoms with Gasteiger partial charge in [0.05, 0.1) is 29.6 Å². The molecule has 0 atom stereocenters. The summed E-state index contributed by atoms with van der Waals surface area (Å²) in [7, 11) is 2.79. The maximum absolute atomic E-state index is 12.2. The lowest BCUT2D eigenvalue weighted by molar-refractivity contribution is -0.385. The van der Waals surface area contributed by atoms with Crippen LogP contribution in [0.3, 0.4) is 0 Å². The lowest BCUT2D eigenvalue weighted by atomic mass is 10.1. The summed E-state index contributed by atoms with van der Waals surface area (Å²) in [6.45, 7) is 1.54. The number of carbonyl (C=O) groups is 2. The Hall–Kier alpha value is -2.64. The van der Waals surface area contributed by atoms with Crippen molar-refractivity contribution >= 4 is 17.6 Å². The monoisotopic (exact) mass is 296 g/mol. The van der Waals surface area contributed by atoms with Crippen LogP contribution in [-0.4, -0.2) is 47.5 Å². The molecule has 0 heterocycles. The first kappa shape index (κ1) is 16.4. The van der Waals surface area contributed by atoms with E-state index in [1.807, 2.05) is 0 Å².